The number of ether oxygens (including phenoxy) is 1. The van der Waals surface area contributed by atoms with Crippen LogP contribution in [-0.2, 0) is 6.54 Å². The van der Waals surface area contributed by atoms with Gasteiger partial charge in [0, 0.05) is 22.6 Å². The minimum absolute atomic E-state index is 0.247. The van der Waals surface area contributed by atoms with E-state index in [4.69, 9.17) is 4.74 Å². The first-order valence-electron chi connectivity index (χ1n) is 6.90. The van der Waals surface area contributed by atoms with Crippen LogP contribution < -0.4 is 10.1 Å². The van der Waals surface area contributed by atoms with Gasteiger partial charge in [-0.3, -0.25) is 0 Å². The Balaban J connectivity index is 2.03. The Bertz CT molecular complexity index is 556. The molecule has 2 aromatic carbocycles. The fourth-order valence-electron chi connectivity index (χ4n) is 2.15. The summed E-state index contributed by atoms with van der Waals surface area (Å²) in [5, 5.41) is 3.54. The van der Waals surface area contributed by atoms with Crippen LogP contribution in [0.1, 0.15) is 31.0 Å². The van der Waals surface area contributed by atoms with Gasteiger partial charge in [0.05, 0.1) is 6.61 Å². The summed E-state index contributed by atoms with van der Waals surface area (Å²) in [6.45, 7) is 5.70. The highest BCUT2D eigenvalue weighted by Gasteiger charge is 2.10. The van der Waals surface area contributed by atoms with E-state index < -0.39 is 0 Å². The first-order valence-corrected chi connectivity index (χ1v) is 7.69. The SMILES string of the molecule is CCOc1ccccc1C(C)NCc1cccc(Br)c1. The lowest BCUT2D eigenvalue weighted by molar-refractivity contribution is 0.332. The maximum absolute atomic E-state index is 5.68. The number of rotatable bonds is 6. The van der Waals surface area contributed by atoms with Crippen LogP contribution in [0.2, 0.25) is 0 Å². The Morgan fingerprint density at radius 2 is 1.95 bits per heavy atom. The van der Waals surface area contributed by atoms with Gasteiger partial charge >= 0.3 is 0 Å². The zero-order valence-corrected chi connectivity index (χ0v) is 13.5. The third-order valence-electron chi connectivity index (χ3n) is 3.19. The second kappa shape index (κ2) is 7.46. The summed E-state index contributed by atoms with van der Waals surface area (Å²) in [6.07, 6.45) is 0. The topological polar surface area (TPSA) is 21.3 Å². The molecule has 0 aliphatic carbocycles. The standard InChI is InChI=1S/C17H20BrNO/c1-3-20-17-10-5-4-9-16(17)13(2)19-12-14-7-6-8-15(18)11-14/h4-11,13,19H,3,12H2,1-2H3. The van der Waals surface area contributed by atoms with Crippen molar-refractivity contribution in [3.63, 3.8) is 0 Å². The van der Waals surface area contributed by atoms with Gasteiger partial charge in [0.2, 0.25) is 0 Å². The highest BCUT2D eigenvalue weighted by atomic mass is 79.9. The van der Waals surface area contributed by atoms with Crippen LogP contribution in [0.3, 0.4) is 0 Å². The molecule has 0 aliphatic rings. The zero-order valence-electron chi connectivity index (χ0n) is 11.9. The predicted molar refractivity (Wildman–Crippen MR) is 87.0 cm³/mol. The summed E-state index contributed by atoms with van der Waals surface area (Å²) in [5.74, 6) is 0.962. The Hall–Kier alpha value is -1.32. The van der Waals surface area contributed by atoms with Crippen LogP contribution in [0.5, 0.6) is 5.75 Å². The van der Waals surface area contributed by atoms with Crippen LogP contribution in [0.4, 0.5) is 0 Å². The van der Waals surface area contributed by atoms with Crippen molar-refractivity contribution < 1.29 is 4.74 Å². The number of benzene rings is 2. The lowest BCUT2D eigenvalue weighted by atomic mass is 10.1. The van der Waals surface area contributed by atoms with Crippen molar-refractivity contribution in [2.45, 2.75) is 26.4 Å². The van der Waals surface area contributed by atoms with Crippen LogP contribution in [0.15, 0.2) is 53.0 Å². The van der Waals surface area contributed by atoms with E-state index in [1.54, 1.807) is 0 Å². The molecule has 2 nitrogen and oxygen atoms in total. The van der Waals surface area contributed by atoms with Crippen LogP contribution in [0, 0.1) is 0 Å². The van der Waals surface area contributed by atoms with E-state index in [0.29, 0.717) is 6.61 Å². The van der Waals surface area contributed by atoms with E-state index >= 15 is 0 Å². The first-order chi connectivity index (χ1) is 9.70. The van der Waals surface area contributed by atoms with E-state index in [1.165, 1.54) is 11.1 Å². The van der Waals surface area contributed by atoms with Crippen molar-refractivity contribution >= 4 is 15.9 Å². The van der Waals surface area contributed by atoms with E-state index in [1.807, 2.05) is 25.1 Å². The van der Waals surface area contributed by atoms with Gasteiger partial charge in [-0.1, -0.05) is 46.3 Å². The van der Waals surface area contributed by atoms with Gasteiger partial charge in [0.25, 0.3) is 0 Å². The quantitative estimate of drug-likeness (QED) is 0.827. The molecule has 0 radical (unpaired) electrons. The number of halogens is 1. The molecule has 0 saturated heterocycles. The Labute approximate surface area is 129 Å². The number of para-hydroxylation sites is 1. The molecular weight excluding hydrogens is 314 g/mol. The first kappa shape index (κ1) is 15.1. The molecule has 0 heterocycles. The summed E-state index contributed by atoms with van der Waals surface area (Å²) >= 11 is 3.50. The molecule has 0 amide bonds. The largest absolute Gasteiger partial charge is 0.494 e. The van der Waals surface area contributed by atoms with Crippen molar-refractivity contribution in [2.75, 3.05) is 6.61 Å². The van der Waals surface area contributed by atoms with Gasteiger partial charge in [-0.15, -0.1) is 0 Å². The lowest BCUT2D eigenvalue weighted by Gasteiger charge is -2.18. The third kappa shape index (κ3) is 4.09. The fourth-order valence-corrected chi connectivity index (χ4v) is 2.60. The number of hydrogen-bond acceptors (Lipinski definition) is 2. The summed E-state index contributed by atoms with van der Waals surface area (Å²) < 4.78 is 6.79. The van der Waals surface area contributed by atoms with Gasteiger partial charge in [0.1, 0.15) is 5.75 Å². The van der Waals surface area contributed by atoms with Crippen LogP contribution >= 0.6 is 15.9 Å². The van der Waals surface area contributed by atoms with Crippen molar-refractivity contribution in [2.24, 2.45) is 0 Å². The molecule has 0 aromatic heterocycles. The molecule has 0 bridgehead atoms. The van der Waals surface area contributed by atoms with Gasteiger partial charge in [0.15, 0.2) is 0 Å². The minimum Gasteiger partial charge on any atom is -0.494 e. The summed E-state index contributed by atoms with van der Waals surface area (Å²) in [6, 6.07) is 16.8. The maximum Gasteiger partial charge on any atom is 0.124 e. The van der Waals surface area contributed by atoms with Crippen molar-refractivity contribution in [3.05, 3.63) is 64.1 Å². The molecular formula is C17H20BrNO. The van der Waals surface area contributed by atoms with E-state index in [9.17, 15) is 0 Å². The Kier molecular flexibility index (Phi) is 5.62. The average molecular weight is 334 g/mol. The normalized spacial score (nSPS) is 12.2. The lowest BCUT2D eigenvalue weighted by Crippen LogP contribution is -2.18. The molecule has 2 aromatic rings. The molecule has 20 heavy (non-hydrogen) atoms. The second-order valence-electron chi connectivity index (χ2n) is 4.70. The molecule has 0 spiro atoms. The average Bonchev–Trinajstić information content (AvgIpc) is 2.46. The van der Waals surface area contributed by atoms with E-state index in [-0.39, 0.29) is 6.04 Å². The molecule has 0 aliphatic heterocycles. The van der Waals surface area contributed by atoms with Crippen molar-refractivity contribution in [1.29, 1.82) is 0 Å². The molecule has 3 heteroatoms. The molecule has 1 N–H and O–H groups in total. The summed E-state index contributed by atoms with van der Waals surface area (Å²) in [4.78, 5) is 0. The molecule has 0 fully saturated rings. The zero-order chi connectivity index (χ0) is 14.4. The Morgan fingerprint density at radius 1 is 1.15 bits per heavy atom. The monoisotopic (exact) mass is 333 g/mol. The van der Waals surface area contributed by atoms with E-state index in [0.717, 1.165) is 16.8 Å². The maximum atomic E-state index is 5.68. The van der Waals surface area contributed by atoms with Crippen LogP contribution in [-0.4, -0.2) is 6.61 Å². The van der Waals surface area contributed by atoms with Gasteiger partial charge in [-0.25, -0.2) is 0 Å². The minimum atomic E-state index is 0.247. The molecule has 1 atom stereocenters. The predicted octanol–water partition coefficient (Wildman–Crippen LogP) is 4.70. The summed E-state index contributed by atoms with van der Waals surface area (Å²) in [7, 11) is 0. The van der Waals surface area contributed by atoms with Crippen molar-refractivity contribution in [1.82, 2.24) is 5.32 Å². The van der Waals surface area contributed by atoms with Crippen molar-refractivity contribution in [3.8, 4) is 5.75 Å². The highest BCUT2D eigenvalue weighted by molar-refractivity contribution is 9.10. The fraction of sp³-hybridized carbons (Fsp3) is 0.294. The Morgan fingerprint density at radius 3 is 2.70 bits per heavy atom. The van der Waals surface area contributed by atoms with Crippen LogP contribution in [0.25, 0.3) is 0 Å². The van der Waals surface area contributed by atoms with Gasteiger partial charge in [-0.2, -0.15) is 0 Å². The van der Waals surface area contributed by atoms with E-state index in [2.05, 4.69) is 58.5 Å². The summed E-state index contributed by atoms with van der Waals surface area (Å²) in [5.41, 5.74) is 2.46. The number of hydrogen-bond donors (Lipinski definition) is 1. The third-order valence-corrected chi connectivity index (χ3v) is 3.68. The molecule has 1 unspecified atom stereocenters. The molecule has 0 saturated carbocycles. The van der Waals surface area contributed by atoms with Gasteiger partial charge in [-0.05, 0) is 37.6 Å². The second-order valence-corrected chi connectivity index (χ2v) is 5.62. The highest BCUT2D eigenvalue weighted by Crippen LogP contribution is 2.25. The molecule has 2 rings (SSSR count). The van der Waals surface area contributed by atoms with Gasteiger partial charge < -0.3 is 10.1 Å². The molecule has 106 valence electrons. The smallest absolute Gasteiger partial charge is 0.124 e. The number of nitrogens with one attached hydrogen (secondary N) is 1.